The van der Waals surface area contributed by atoms with E-state index in [1.165, 1.54) is 0 Å². The van der Waals surface area contributed by atoms with E-state index in [1.54, 1.807) is 6.20 Å². The van der Waals surface area contributed by atoms with E-state index in [4.69, 9.17) is 5.73 Å². The van der Waals surface area contributed by atoms with E-state index in [1.807, 2.05) is 44.2 Å². The highest BCUT2D eigenvalue weighted by Gasteiger charge is 2.15. The number of benzene rings is 1. The van der Waals surface area contributed by atoms with Crippen molar-refractivity contribution >= 4 is 5.69 Å². The Bertz CT molecular complexity index is 518. The molecule has 0 fully saturated rings. The van der Waals surface area contributed by atoms with Crippen molar-refractivity contribution in [3.05, 3.63) is 47.8 Å². The van der Waals surface area contributed by atoms with E-state index in [9.17, 15) is 5.21 Å². The highest BCUT2D eigenvalue weighted by molar-refractivity contribution is 5.69. The van der Waals surface area contributed by atoms with Crippen LogP contribution in [0.2, 0.25) is 0 Å². The van der Waals surface area contributed by atoms with Crippen LogP contribution in [0, 0.1) is 13.8 Å². The summed E-state index contributed by atoms with van der Waals surface area (Å²) in [5, 5.41) is 9.63. The van der Waals surface area contributed by atoms with Gasteiger partial charge in [0.1, 0.15) is 0 Å². The Labute approximate surface area is 94.7 Å². The average molecular weight is 215 g/mol. The lowest BCUT2D eigenvalue weighted by molar-refractivity contribution is -0.908. The summed E-state index contributed by atoms with van der Waals surface area (Å²) in [5.74, 6) is 0. The number of nitrogens with two attached hydrogens (primary N) is 1. The molecule has 1 aromatic heterocycles. The highest BCUT2D eigenvalue weighted by Crippen LogP contribution is 2.25. The monoisotopic (exact) mass is 215 g/mol. The van der Waals surface area contributed by atoms with Crippen LogP contribution in [0.15, 0.2) is 36.5 Å². The van der Waals surface area contributed by atoms with Crippen LogP contribution in [0.4, 0.5) is 5.69 Å². The molecule has 16 heavy (non-hydrogen) atoms. The molecule has 1 heterocycles. The zero-order chi connectivity index (χ0) is 11.7. The van der Waals surface area contributed by atoms with Crippen LogP contribution >= 0.6 is 0 Å². The Morgan fingerprint density at radius 1 is 1.06 bits per heavy atom. The first-order chi connectivity index (χ1) is 7.59. The van der Waals surface area contributed by atoms with Crippen LogP contribution in [-0.2, 0) is 0 Å². The van der Waals surface area contributed by atoms with Crippen LogP contribution in [0.5, 0.6) is 0 Å². The van der Waals surface area contributed by atoms with Gasteiger partial charge in [-0.3, -0.25) is 5.21 Å². The van der Waals surface area contributed by atoms with Gasteiger partial charge in [-0.15, -0.1) is 0 Å². The molecule has 0 saturated heterocycles. The minimum absolute atomic E-state index is 0.742. The topological polar surface area (TPSA) is 50.1 Å². The lowest BCUT2D eigenvalue weighted by Crippen LogP contribution is -2.33. The number of pyridine rings is 1. The quantitative estimate of drug-likeness (QED) is 0.434. The summed E-state index contributed by atoms with van der Waals surface area (Å²) in [6, 6.07) is 9.54. The lowest BCUT2D eigenvalue weighted by Gasteiger charge is -2.06. The van der Waals surface area contributed by atoms with E-state index >= 15 is 0 Å². The molecule has 0 spiro atoms. The molecule has 2 aromatic rings. The molecule has 82 valence electrons. The molecule has 0 saturated carbocycles. The highest BCUT2D eigenvalue weighted by atomic mass is 16.5. The van der Waals surface area contributed by atoms with Gasteiger partial charge in [0.2, 0.25) is 11.9 Å². The van der Waals surface area contributed by atoms with Crippen molar-refractivity contribution in [3.8, 4) is 11.1 Å². The van der Waals surface area contributed by atoms with Crippen LogP contribution in [0.3, 0.4) is 0 Å². The third-order valence-corrected chi connectivity index (χ3v) is 2.76. The molecule has 0 aliphatic rings. The molecule has 0 aliphatic heterocycles. The maximum Gasteiger partial charge on any atom is 0.239 e. The summed E-state index contributed by atoms with van der Waals surface area (Å²) in [6.07, 6.45) is 1.64. The molecule has 1 aromatic carbocycles. The third kappa shape index (κ3) is 1.72. The Balaban J connectivity index is 2.63. The summed E-state index contributed by atoms with van der Waals surface area (Å²) in [4.78, 5) is 0. The smallest absolute Gasteiger partial charge is 0.239 e. The van der Waals surface area contributed by atoms with Crippen molar-refractivity contribution in [1.29, 1.82) is 0 Å². The number of hydrogen-bond acceptors (Lipinski definition) is 2. The zero-order valence-electron chi connectivity index (χ0n) is 9.44. The number of rotatable bonds is 1. The van der Waals surface area contributed by atoms with E-state index in [0.29, 0.717) is 0 Å². The van der Waals surface area contributed by atoms with Gasteiger partial charge in [0.05, 0.1) is 5.56 Å². The molecular weight excluding hydrogens is 200 g/mol. The molecule has 0 aliphatic carbocycles. The Morgan fingerprint density at radius 3 is 2.31 bits per heavy atom. The standard InChI is InChI=1S/C13H15N2O/c1-9-7-8-15(16)10(2)13(9)11-3-5-12(14)6-4-11/h3-8,16H,14H2,1-2H3/q+1. The number of nitrogens with zero attached hydrogens (tertiary/aromatic N) is 1. The van der Waals surface area contributed by atoms with Crippen molar-refractivity contribution in [3.63, 3.8) is 0 Å². The average Bonchev–Trinajstić information content (AvgIpc) is 2.27. The minimum atomic E-state index is 0.742. The van der Waals surface area contributed by atoms with Crippen LogP contribution in [0.1, 0.15) is 11.3 Å². The molecule has 0 radical (unpaired) electrons. The fourth-order valence-corrected chi connectivity index (χ4v) is 1.86. The number of aromatic nitrogens is 1. The van der Waals surface area contributed by atoms with E-state index in [2.05, 4.69) is 0 Å². The normalized spacial score (nSPS) is 10.4. The SMILES string of the molecule is Cc1cc[n+](O)c(C)c1-c1ccc(N)cc1. The summed E-state index contributed by atoms with van der Waals surface area (Å²) in [7, 11) is 0. The van der Waals surface area contributed by atoms with Crippen molar-refractivity contribution in [1.82, 2.24) is 0 Å². The van der Waals surface area contributed by atoms with E-state index < -0.39 is 0 Å². The van der Waals surface area contributed by atoms with Crippen LogP contribution in [0.25, 0.3) is 11.1 Å². The molecule has 0 unspecified atom stereocenters. The summed E-state index contributed by atoms with van der Waals surface area (Å²) in [5.41, 5.74) is 10.5. The molecule has 3 heteroatoms. The summed E-state index contributed by atoms with van der Waals surface area (Å²) in [6.45, 7) is 3.91. The van der Waals surface area contributed by atoms with Gasteiger partial charge >= 0.3 is 0 Å². The minimum Gasteiger partial charge on any atom is -0.399 e. The first-order valence-electron chi connectivity index (χ1n) is 5.16. The van der Waals surface area contributed by atoms with Crippen molar-refractivity contribution in [2.45, 2.75) is 13.8 Å². The van der Waals surface area contributed by atoms with Gasteiger partial charge in [-0.1, -0.05) is 12.1 Å². The first kappa shape index (κ1) is 10.5. The van der Waals surface area contributed by atoms with Crippen LogP contribution in [-0.4, -0.2) is 5.21 Å². The fraction of sp³-hybridized carbons (Fsp3) is 0.154. The van der Waals surface area contributed by atoms with Gasteiger partial charge in [-0.05, 0) is 30.2 Å². The largest absolute Gasteiger partial charge is 0.399 e. The number of anilines is 1. The van der Waals surface area contributed by atoms with E-state index in [0.717, 1.165) is 32.8 Å². The molecule has 0 bridgehead atoms. The summed E-state index contributed by atoms with van der Waals surface area (Å²) < 4.78 is 1.14. The molecular formula is C13H15N2O+. The molecule has 3 N–H and O–H groups in total. The number of aryl methyl sites for hydroxylation is 1. The lowest BCUT2D eigenvalue weighted by atomic mass is 9.99. The van der Waals surface area contributed by atoms with Gasteiger partial charge in [0.25, 0.3) is 0 Å². The Kier molecular flexibility index (Phi) is 2.52. The van der Waals surface area contributed by atoms with Gasteiger partial charge in [-0.25, -0.2) is 0 Å². The van der Waals surface area contributed by atoms with Gasteiger partial charge < -0.3 is 5.73 Å². The second kappa shape index (κ2) is 3.85. The predicted octanol–water partition coefficient (Wildman–Crippen LogP) is 2.08. The molecule has 0 amide bonds. The number of nitrogen functional groups attached to an aromatic ring is 1. The van der Waals surface area contributed by atoms with Crippen LogP contribution < -0.4 is 10.5 Å². The van der Waals surface area contributed by atoms with Crippen molar-refractivity contribution < 1.29 is 9.94 Å². The number of hydrogen-bond donors (Lipinski definition) is 2. The molecule has 2 rings (SSSR count). The molecule has 0 atom stereocenters. The Hall–Kier alpha value is -2.03. The van der Waals surface area contributed by atoms with Gasteiger partial charge in [0, 0.05) is 23.4 Å². The zero-order valence-corrected chi connectivity index (χ0v) is 9.44. The molecule has 3 nitrogen and oxygen atoms in total. The van der Waals surface area contributed by atoms with Gasteiger partial charge in [-0.2, -0.15) is 0 Å². The second-order valence-corrected chi connectivity index (χ2v) is 3.93. The van der Waals surface area contributed by atoms with E-state index in [-0.39, 0.29) is 0 Å². The maximum absolute atomic E-state index is 9.63. The van der Waals surface area contributed by atoms with Gasteiger partial charge in [0.15, 0.2) is 0 Å². The second-order valence-electron chi connectivity index (χ2n) is 3.93. The predicted molar refractivity (Wildman–Crippen MR) is 63.1 cm³/mol. The maximum atomic E-state index is 9.63. The third-order valence-electron chi connectivity index (χ3n) is 2.76. The van der Waals surface area contributed by atoms with Crippen molar-refractivity contribution in [2.24, 2.45) is 0 Å². The summed E-state index contributed by atoms with van der Waals surface area (Å²) >= 11 is 0. The van der Waals surface area contributed by atoms with Crippen molar-refractivity contribution in [2.75, 3.05) is 5.73 Å². The Morgan fingerprint density at radius 2 is 1.69 bits per heavy atom. The first-order valence-corrected chi connectivity index (χ1v) is 5.16. The fourth-order valence-electron chi connectivity index (χ4n) is 1.86.